The van der Waals surface area contributed by atoms with Crippen molar-refractivity contribution in [2.45, 2.75) is 12.8 Å². The fraction of sp³-hybridized carbons (Fsp3) is 0.375. The summed E-state index contributed by atoms with van der Waals surface area (Å²) in [6.45, 7) is 1.95. The third kappa shape index (κ3) is 3.08. The average Bonchev–Trinajstić information content (AvgIpc) is 3.11. The number of nitrogens with two attached hydrogens (primary N) is 1. The van der Waals surface area contributed by atoms with Crippen molar-refractivity contribution < 1.29 is 9.47 Å². The number of methoxy groups -OCH3 is 2. The molecule has 1 aliphatic rings. The van der Waals surface area contributed by atoms with Crippen molar-refractivity contribution in [1.29, 1.82) is 0 Å². The van der Waals surface area contributed by atoms with Gasteiger partial charge < -0.3 is 25.4 Å². The normalized spacial score (nSPS) is 13.9. The van der Waals surface area contributed by atoms with Crippen molar-refractivity contribution >= 4 is 23.0 Å². The molecule has 7 nitrogen and oxygen atoms in total. The summed E-state index contributed by atoms with van der Waals surface area (Å²) in [6.07, 6.45) is 3.85. The summed E-state index contributed by atoms with van der Waals surface area (Å²) in [4.78, 5) is 10.8. The van der Waals surface area contributed by atoms with Gasteiger partial charge in [-0.25, -0.2) is 9.97 Å². The van der Waals surface area contributed by atoms with Gasteiger partial charge in [-0.05, 0) is 25.0 Å². The summed E-state index contributed by atoms with van der Waals surface area (Å²) in [6, 6.07) is 5.51. The smallest absolute Gasteiger partial charge is 0.159 e. The van der Waals surface area contributed by atoms with Crippen LogP contribution in [-0.4, -0.2) is 37.3 Å². The second kappa shape index (κ2) is 6.60. The van der Waals surface area contributed by atoms with E-state index in [-0.39, 0.29) is 0 Å². The number of hydrogen-bond donors (Lipinski definition) is 2. The molecule has 0 saturated carbocycles. The SMILES string of the molecule is COc1ccc(OC)c(Nc2ncnc(N3CCCC3)c2N)c1. The van der Waals surface area contributed by atoms with Crippen LogP contribution in [0.4, 0.5) is 23.0 Å². The zero-order chi connectivity index (χ0) is 16.2. The number of ether oxygens (including phenoxy) is 2. The molecule has 0 spiro atoms. The van der Waals surface area contributed by atoms with Crippen molar-refractivity contribution in [3.63, 3.8) is 0 Å². The quantitative estimate of drug-likeness (QED) is 0.876. The first kappa shape index (κ1) is 15.2. The molecule has 1 fully saturated rings. The Bertz CT molecular complexity index is 686. The molecule has 2 aromatic rings. The molecule has 0 atom stereocenters. The first-order chi connectivity index (χ1) is 11.2. The van der Waals surface area contributed by atoms with Gasteiger partial charge >= 0.3 is 0 Å². The molecule has 0 aliphatic carbocycles. The Morgan fingerprint density at radius 1 is 1.13 bits per heavy atom. The number of anilines is 4. The number of nitrogens with one attached hydrogen (secondary N) is 1. The molecular weight excluding hydrogens is 294 g/mol. The highest BCUT2D eigenvalue weighted by atomic mass is 16.5. The second-order valence-corrected chi connectivity index (χ2v) is 5.34. The topological polar surface area (TPSA) is 85.5 Å². The molecule has 1 aliphatic heterocycles. The summed E-state index contributed by atoms with van der Waals surface area (Å²) < 4.78 is 10.6. The van der Waals surface area contributed by atoms with E-state index < -0.39 is 0 Å². The maximum Gasteiger partial charge on any atom is 0.159 e. The summed E-state index contributed by atoms with van der Waals surface area (Å²) in [5.41, 5.74) is 7.55. The van der Waals surface area contributed by atoms with Crippen molar-refractivity contribution in [3.8, 4) is 11.5 Å². The number of rotatable bonds is 5. The van der Waals surface area contributed by atoms with Gasteiger partial charge in [-0.1, -0.05) is 0 Å². The first-order valence-electron chi connectivity index (χ1n) is 7.57. The molecule has 23 heavy (non-hydrogen) atoms. The fourth-order valence-electron chi connectivity index (χ4n) is 2.71. The molecule has 3 N–H and O–H groups in total. The molecule has 122 valence electrons. The number of benzene rings is 1. The molecule has 0 amide bonds. The summed E-state index contributed by atoms with van der Waals surface area (Å²) >= 11 is 0. The Hall–Kier alpha value is -2.70. The van der Waals surface area contributed by atoms with Gasteiger partial charge in [0.05, 0.1) is 19.9 Å². The summed E-state index contributed by atoms with van der Waals surface area (Å²) in [7, 11) is 3.24. The number of hydrogen-bond acceptors (Lipinski definition) is 7. The maximum atomic E-state index is 6.27. The van der Waals surface area contributed by atoms with Crippen LogP contribution in [0.1, 0.15) is 12.8 Å². The highest BCUT2D eigenvalue weighted by molar-refractivity contribution is 5.80. The van der Waals surface area contributed by atoms with Crippen LogP contribution in [0.25, 0.3) is 0 Å². The fourth-order valence-corrected chi connectivity index (χ4v) is 2.71. The Morgan fingerprint density at radius 3 is 2.61 bits per heavy atom. The number of aromatic nitrogens is 2. The largest absolute Gasteiger partial charge is 0.497 e. The van der Waals surface area contributed by atoms with E-state index in [1.807, 2.05) is 18.2 Å². The zero-order valence-electron chi connectivity index (χ0n) is 13.4. The van der Waals surface area contributed by atoms with E-state index in [9.17, 15) is 0 Å². The van der Waals surface area contributed by atoms with Crippen molar-refractivity contribution in [2.24, 2.45) is 0 Å². The standard InChI is InChI=1S/C16H21N5O2/c1-22-11-5-6-13(23-2)12(9-11)20-15-14(17)16(19-10-18-15)21-7-3-4-8-21/h5-6,9-10H,3-4,7-8,17H2,1-2H3,(H,18,19,20). The molecule has 7 heteroatoms. The lowest BCUT2D eigenvalue weighted by Crippen LogP contribution is -2.21. The van der Waals surface area contributed by atoms with Gasteiger partial charge in [-0.2, -0.15) is 0 Å². The maximum absolute atomic E-state index is 6.27. The van der Waals surface area contributed by atoms with Crippen LogP contribution >= 0.6 is 0 Å². The highest BCUT2D eigenvalue weighted by Gasteiger charge is 2.19. The van der Waals surface area contributed by atoms with Gasteiger partial charge in [0.2, 0.25) is 0 Å². The first-order valence-corrected chi connectivity index (χ1v) is 7.57. The van der Waals surface area contributed by atoms with Crippen molar-refractivity contribution in [2.75, 3.05) is 43.3 Å². The van der Waals surface area contributed by atoms with Crippen LogP contribution in [0, 0.1) is 0 Å². The van der Waals surface area contributed by atoms with E-state index in [0.29, 0.717) is 17.3 Å². The number of nitrogen functional groups attached to an aromatic ring is 1. The van der Waals surface area contributed by atoms with Gasteiger partial charge in [-0.15, -0.1) is 0 Å². The van der Waals surface area contributed by atoms with Gasteiger partial charge in [0, 0.05) is 19.2 Å². The Labute approximate surface area is 135 Å². The van der Waals surface area contributed by atoms with E-state index in [1.165, 1.54) is 6.33 Å². The molecule has 1 aromatic carbocycles. The van der Waals surface area contributed by atoms with Gasteiger partial charge in [0.15, 0.2) is 11.6 Å². The summed E-state index contributed by atoms with van der Waals surface area (Å²) in [5, 5.41) is 3.22. The van der Waals surface area contributed by atoms with Crippen LogP contribution in [0.5, 0.6) is 11.5 Å². The van der Waals surface area contributed by atoms with Gasteiger partial charge in [0.25, 0.3) is 0 Å². The Kier molecular flexibility index (Phi) is 4.36. The van der Waals surface area contributed by atoms with Crippen molar-refractivity contribution in [1.82, 2.24) is 9.97 Å². The van der Waals surface area contributed by atoms with E-state index in [4.69, 9.17) is 15.2 Å². The van der Waals surface area contributed by atoms with E-state index >= 15 is 0 Å². The van der Waals surface area contributed by atoms with Crippen LogP contribution in [-0.2, 0) is 0 Å². The molecule has 0 bridgehead atoms. The number of nitrogens with zero attached hydrogens (tertiary/aromatic N) is 3. The van der Waals surface area contributed by atoms with E-state index in [0.717, 1.165) is 43.2 Å². The second-order valence-electron chi connectivity index (χ2n) is 5.34. The lowest BCUT2D eigenvalue weighted by Gasteiger charge is -2.20. The monoisotopic (exact) mass is 315 g/mol. The van der Waals surface area contributed by atoms with E-state index in [1.54, 1.807) is 14.2 Å². The summed E-state index contributed by atoms with van der Waals surface area (Å²) in [5.74, 6) is 2.75. The van der Waals surface area contributed by atoms with E-state index in [2.05, 4.69) is 20.2 Å². The van der Waals surface area contributed by atoms with Gasteiger partial charge in [-0.3, -0.25) is 0 Å². The Morgan fingerprint density at radius 2 is 1.91 bits per heavy atom. The Balaban J connectivity index is 1.92. The van der Waals surface area contributed by atoms with Gasteiger partial charge in [0.1, 0.15) is 23.5 Å². The molecule has 3 rings (SSSR count). The van der Waals surface area contributed by atoms with Crippen LogP contribution in [0.15, 0.2) is 24.5 Å². The molecule has 0 unspecified atom stereocenters. The lowest BCUT2D eigenvalue weighted by atomic mass is 10.2. The predicted molar refractivity (Wildman–Crippen MR) is 90.7 cm³/mol. The third-order valence-electron chi connectivity index (χ3n) is 3.93. The minimum atomic E-state index is 0.541. The third-order valence-corrected chi connectivity index (χ3v) is 3.93. The highest BCUT2D eigenvalue weighted by Crippen LogP contribution is 2.35. The van der Waals surface area contributed by atoms with Crippen LogP contribution < -0.4 is 25.4 Å². The molecule has 1 aromatic heterocycles. The molecule has 0 radical (unpaired) electrons. The van der Waals surface area contributed by atoms with Crippen LogP contribution in [0.2, 0.25) is 0 Å². The molecule has 2 heterocycles. The van der Waals surface area contributed by atoms with Crippen molar-refractivity contribution in [3.05, 3.63) is 24.5 Å². The predicted octanol–water partition coefficient (Wildman–Crippen LogP) is 2.42. The average molecular weight is 315 g/mol. The lowest BCUT2D eigenvalue weighted by molar-refractivity contribution is 0.405. The zero-order valence-corrected chi connectivity index (χ0v) is 13.4. The molecule has 1 saturated heterocycles. The van der Waals surface area contributed by atoms with Crippen LogP contribution in [0.3, 0.4) is 0 Å². The minimum absolute atomic E-state index is 0.541. The molecular formula is C16H21N5O2. The minimum Gasteiger partial charge on any atom is -0.497 e.